The summed E-state index contributed by atoms with van der Waals surface area (Å²) in [6, 6.07) is 14.9. The van der Waals surface area contributed by atoms with Crippen LogP contribution in [0.15, 0.2) is 54.1 Å². The van der Waals surface area contributed by atoms with E-state index in [1.165, 1.54) is 36.8 Å². The van der Waals surface area contributed by atoms with Gasteiger partial charge in [-0.3, -0.25) is 0 Å². The molecule has 2 aromatic rings. The molecule has 3 nitrogen and oxygen atoms in total. The van der Waals surface area contributed by atoms with Gasteiger partial charge >= 0.3 is 0 Å². The van der Waals surface area contributed by atoms with Crippen molar-refractivity contribution >= 4 is 5.57 Å². The van der Waals surface area contributed by atoms with Gasteiger partial charge in [0.15, 0.2) is 0 Å². The summed E-state index contributed by atoms with van der Waals surface area (Å²) in [4.78, 5) is 0. The van der Waals surface area contributed by atoms with Gasteiger partial charge in [0.25, 0.3) is 0 Å². The number of phenols is 2. The van der Waals surface area contributed by atoms with Gasteiger partial charge in [0.2, 0.25) is 0 Å². The van der Waals surface area contributed by atoms with Crippen LogP contribution in [-0.4, -0.2) is 21.9 Å². The van der Waals surface area contributed by atoms with Crippen molar-refractivity contribution in [2.75, 3.05) is 6.61 Å². The van der Waals surface area contributed by atoms with Crippen molar-refractivity contribution in [2.24, 2.45) is 5.92 Å². The van der Waals surface area contributed by atoms with Gasteiger partial charge in [0, 0.05) is 6.61 Å². The van der Waals surface area contributed by atoms with Crippen LogP contribution in [0.5, 0.6) is 11.5 Å². The van der Waals surface area contributed by atoms with Crippen LogP contribution >= 0.6 is 0 Å². The summed E-state index contributed by atoms with van der Waals surface area (Å²) in [6.07, 6.45) is 9.02. The summed E-state index contributed by atoms with van der Waals surface area (Å²) in [5.74, 6) is 1.14. The molecule has 144 valence electrons. The van der Waals surface area contributed by atoms with E-state index in [9.17, 15) is 10.2 Å². The van der Waals surface area contributed by atoms with Gasteiger partial charge < -0.3 is 15.3 Å². The third-order valence-corrected chi connectivity index (χ3v) is 5.59. The molecule has 3 heteroatoms. The molecule has 0 amide bonds. The number of aromatic hydroxyl groups is 2. The van der Waals surface area contributed by atoms with E-state index in [4.69, 9.17) is 5.11 Å². The Bertz CT molecular complexity index is 691. The molecule has 0 aromatic heterocycles. The van der Waals surface area contributed by atoms with Crippen LogP contribution in [0.3, 0.4) is 0 Å². The fraction of sp³-hybridized carbons (Fsp3) is 0.417. The van der Waals surface area contributed by atoms with E-state index >= 15 is 0 Å². The fourth-order valence-corrected chi connectivity index (χ4v) is 4.21. The molecular formula is C24H30O3. The van der Waals surface area contributed by atoms with E-state index in [1.54, 1.807) is 24.3 Å². The van der Waals surface area contributed by atoms with Crippen molar-refractivity contribution in [2.45, 2.75) is 51.4 Å². The first-order valence-corrected chi connectivity index (χ1v) is 10.1. The highest BCUT2D eigenvalue weighted by Crippen LogP contribution is 2.41. The van der Waals surface area contributed by atoms with Crippen LogP contribution < -0.4 is 0 Å². The van der Waals surface area contributed by atoms with E-state index < -0.39 is 0 Å². The van der Waals surface area contributed by atoms with Crippen molar-refractivity contribution in [3.05, 3.63) is 65.2 Å². The third-order valence-electron chi connectivity index (χ3n) is 5.59. The maximum atomic E-state index is 9.72. The quantitative estimate of drug-likeness (QED) is 0.530. The molecule has 27 heavy (non-hydrogen) atoms. The van der Waals surface area contributed by atoms with Crippen molar-refractivity contribution < 1.29 is 15.3 Å². The molecule has 0 heterocycles. The van der Waals surface area contributed by atoms with Crippen molar-refractivity contribution in [3.63, 3.8) is 0 Å². The minimum atomic E-state index is 0.255. The molecule has 0 saturated heterocycles. The Hall–Kier alpha value is -2.26. The predicted octanol–water partition coefficient (Wildman–Crippen LogP) is 5.64. The molecule has 1 fully saturated rings. The highest BCUT2D eigenvalue weighted by molar-refractivity contribution is 5.82. The molecule has 2 aromatic carbocycles. The third kappa shape index (κ3) is 5.14. The topological polar surface area (TPSA) is 60.7 Å². The van der Waals surface area contributed by atoms with Crippen molar-refractivity contribution in [1.29, 1.82) is 0 Å². The maximum Gasteiger partial charge on any atom is 0.115 e. The summed E-state index contributed by atoms with van der Waals surface area (Å²) >= 11 is 0. The van der Waals surface area contributed by atoms with Crippen LogP contribution in [0, 0.1) is 5.92 Å². The zero-order valence-corrected chi connectivity index (χ0v) is 15.9. The standard InChI is InChI=1S/C24H30O3/c25-17-5-1-2-8-23(18-6-3-4-7-18)24(19-9-13-21(26)14-10-19)20-11-15-22(27)16-12-20/h9-16,18,25-27H,1-8,17H2. The first-order chi connectivity index (χ1) is 13.2. The molecule has 0 bridgehead atoms. The molecule has 1 aliphatic carbocycles. The second-order valence-electron chi connectivity index (χ2n) is 7.51. The Morgan fingerprint density at radius 2 is 1.26 bits per heavy atom. The number of aliphatic hydroxyl groups excluding tert-OH is 1. The summed E-state index contributed by atoms with van der Waals surface area (Å²) in [5, 5.41) is 28.5. The Morgan fingerprint density at radius 3 is 1.74 bits per heavy atom. The van der Waals surface area contributed by atoms with E-state index in [1.807, 2.05) is 24.3 Å². The number of hydrogen-bond acceptors (Lipinski definition) is 3. The molecule has 3 rings (SSSR count). The number of rotatable bonds is 8. The van der Waals surface area contributed by atoms with Crippen LogP contribution in [-0.2, 0) is 0 Å². The molecule has 3 N–H and O–H groups in total. The normalized spacial score (nSPS) is 14.4. The number of hydrogen-bond donors (Lipinski definition) is 3. The smallest absolute Gasteiger partial charge is 0.115 e. The number of allylic oxidation sites excluding steroid dienone is 1. The van der Waals surface area contributed by atoms with Gasteiger partial charge in [-0.25, -0.2) is 0 Å². The lowest BCUT2D eigenvalue weighted by molar-refractivity contribution is 0.283. The summed E-state index contributed by atoms with van der Waals surface area (Å²) in [5.41, 5.74) is 4.96. The van der Waals surface area contributed by atoms with Gasteiger partial charge in [0.1, 0.15) is 11.5 Å². The Balaban J connectivity index is 2.05. The van der Waals surface area contributed by atoms with E-state index in [-0.39, 0.29) is 18.1 Å². The molecule has 0 spiro atoms. The maximum absolute atomic E-state index is 9.72. The molecule has 0 atom stereocenters. The van der Waals surface area contributed by atoms with E-state index in [0.717, 1.165) is 36.8 Å². The Morgan fingerprint density at radius 1 is 0.741 bits per heavy atom. The fourth-order valence-electron chi connectivity index (χ4n) is 4.21. The van der Waals surface area contributed by atoms with Gasteiger partial charge in [0.05, 0.1) is 0 Å². The summed E-state index contributed by atoms with van der Waals surface area (Å²) < 4.78 is 0. The second kappa shape index (κ2) is 9.61. The predicted molar refractivity (Wildman–Crippen MR) is 110 cm³/mol. The minimum absolute atomic E-state index is 0.255. The van der Waals surface area contributed by atoms with Gasteiger partial charge in [-0.15, -0.1) is 0 Å². The van der Waals surface area contributed by atoms with Gasteiger partial charge in [-0.1, -0.05) is 49.1 Å². The van der Waals surface area contributed by atoms with E-state index in [2.05, 4.69) is 0 Å². The average Bonchev–Trinajstić information content (AvgIpc) is 3.21. The Labute approximate surface area is 162 Å². The number of benzene rings is 2. The molecule has 0 unspecified atom stereocenters. The van der Waals surface area contributed by atoms with Gasteiger partial charge in [-0.05, 0) is 79.0 Å². The van der Waals surface area contributed by atoms with Crippen LogP contribution in [0.4, 0.5) is 0 Å². The monoisotopic (exact) mass is 366 g/mol. The molecular weight excluding hydrogens is 336 g/mol. The Kier molecular flexibility index (Phi) is 6.94. The van der Waals surface area contributed by atoms with Crippen LogP contribution in [0.2, 0.25) is 0 Å². The molecule has 1 aliphatic rings. The minimum Gasteiger partial charge on any atom is -0.508 e. The number of unbranched alkanes of at least 4 members (excludes halogenated alkanes) is 2. The van der Waals surface area contributed by atoms with Gasteiger partial charge in [-0.2, -0.15) is 0 Å². The lowest BCUT2D eigenvalue weighted by Crippen LogP contribution is -2.05. The van der Waals surface area contributed by atoms with Crippen LogP contribution in [0.25, 0.3) is 5.57 Å². The van der Waals surface area contributed by atoms with Crippen molar-refractivity contribution in [1.82, 2.24) is 0 Å². The lowest BCUT2D eigenvalue weighted by Gasteiger charge is -2.22. The molecule has 1 saturated carbocycles. The van der Waals surface area contributed by atoms with E-state index in [0.29, 0.717) is 5.92 Å². The highest BCUT2D eigenvalue weighted by atomic mass is 16.3. The summed E-state index contributed by atoms with van der Waals surface area (Å²) in [6.45, 7) is 0.255. The SMILES string of the molecule is OCCCCCC(=C(c1ccc(O)cc1)c1ccc(O)cc1)C1CCCC1. The zero-order chi connectivity index (χ0) is 19.1. The first-order valence-electron chi connectivity index (χ1n) is 10.1. The zero-order valence-electron chi connectivity index (χ0n) is 15.9. The van der Waals surface area contributed by atoms with Crippen LogP contribution in [0.1, 0.15) is 62.5 Å². The first kappa shape index (κ1) is 19.5. The molecule has 0 aliphatic heterocycles. The summed E-state index contributed by atoms with van der Waals surface area (Å²) in [7, 11) is 0. The van der Waals surface area contributed by atoms with Crippen molar-refractivity contribution in [3.8, 4) is 11.5 Å². The number of aliphatic hydroxyl groups is 1. The highest BCUT2D eigenvalue weighted by Gasteiger charge is 2.23. The lowest BCUT2D eigenvalue weighted by atomic mass is 9.83. The molecule has 0 radical (unpaired) electrons. The number of phenolic OH excluding ortho intramolecular Hbond substituents is 2. The average molecular weight is 367 g/mol. The largest absolute Gasteiger partial charge is 0.508 e. The second-order valence-corrected chi connectivity index (χ2v) is 7.51.